The van der Waals surface area contributed by atoms with Gasteiger partial charge in [-0.15, -0.1) is 0 Å². The molecular weight excluding hydrogens is 583 g/mol. The van der Waals surface area contributed by atoms with Crippen molar-refractivity contribution < 1.29 is 42.4 Å². The summed E-state index contributed by atoms with van der Waals surface area (Å²) >= 11 is 12.6. The number of hydrogen-bond donors (Lipinski definition) is 1. The molecular formula is C29H27Cl2F2NO7. The van der Waals surface area contributed by atoms with Gasteiger partial charge in [-0.25, -0.2) is 4.79 Å². The van der Waals surface area contributed by atoms with Gasteiger partial charge in [0.15, 0.2) is 35.4 Å². The van der Waals surface area contributed by atoms with Crippen LogP contribution in [-0.4, -0.2) is 30.9 Å². The molecule has 0 amide bonds. The van der Waals surface area contributed by atoms with Crippen molar-refractivity contribution >= 4 is 29.2 Å². The molecule has 2 aromatic carbocycles. The van der Waals surface area contributed by atoms with Gasteiger partial charge in [-0.3, -0.25) is 0 Å². The molecule has 1 heterocycles. The maximum atomic E-state index is 13.3. The van der Waals surface area contributed by atoms with Crippen LogP contribution in [0.5, 0.6) is 23.0 Å². The van der Waals surface area contributed by atoms with Crippen LogP contribution in [0.25, 0.3) is 0 Å². The second-order valence-electron chi connectivity index (χ2n) is 10.2. The van der Waals surface area contributed by atoms with Gasteiger partial charge in [0.05, 0.1) is 18.8 Å². The van der Waals surface area contributed by atoms with Crippen LogP contribution in [0.2, 0.25) is 10.0 Å². The summed E-state index contributed by atoms with van der Waals surface area (Å²) in [5.41, 5.74) is 0.843. The van der Waals surface area contributed by atoms with Crippen molar-refractivity contribution in [2.45, 2.75) is 44.8 Å². The number of hydrogen-bond acceptors (Lipinski definition) is 7. The SMILES string of the molecule is O=C(O[C@@H](Cc1c(Cl)c[n+]([O-])cc1Cl)c1ccc(OC(F)F)c(OCC2CC2)c1)c1ccc(O)c(OCC2CC2)c1. The molecule has 2 aliphatic carbocycles. The maximum absolute atomic E-state index is 13.3. The molecule has 0 bridgehead atoms. The molecule has 2 saturated carbocycles. The van der Waals surface area contributed by atoms with Crippen molar-refractivity contribution in [2.24, 2.45) is 11.8 Å². The Morgan fingerprint density at radius 1 is 0.951 bits per heavy atom. The standard InChI is InChI=1S/C29H27Cl2F2NO7/c30-21-12-34(37)13-22(31)20(21)11-25(18-6-8-24(41-29(32)33)27(9-18)39-15-17-3-4-17)40-28(36)19-5-7-23(35)26(10-19)38-14-16-1-2-16/h5-10,12-13,16-17,25,29,35H,1-4,11,14-15H2/t25-/m0/s1. The Labute approximate surface area is 244 Å². The zero-order chi connectivity index (χ0) is 29.1. The van der Waals surface area contributed by atoms with Gasteiger partial charge in [-0.05, 0) is 73.4 Å². The molecule has 1 atom stereocenters. The first-order valence-electron chi connectivity index (χ1n) is 13.1. The third kappa shape index (κ3) is 7.83. The number of benzene rings is 2. The molecule has 0 saturated heterocycles. The lowest BCUT2D eigenvalue weighted by Gasteiger charge is -2.21. The number of phenolic OH excluding ortho intramolecular Hbond substituents is 1. The zero-order valence-electron chi connectivity index (χ0n) is 21.7. The molecule has 0 radical (unpaired) electrons. The van der Waals surface area contributed by atoms with Gasteiger partial charge in [-0.1, -0.05) is 29.3 Å². The Kier molecular flexibility index (Phi) is 8.89. The lowest BCUT2D eigenvalue weighted by Crippen LogP contribution is -2.25. The first-order valence-corrected chi connectivity index (χ1v) is 13.9. The summed E-state index contributed by atoms with van der Waals surface area (Å²) < 4.78 is 48.6. The molecule has 0 unspecified atom stereocenters. The van der Waals surface area contributed by atoms with Crippen LogP contribution in [0.15, 0.2) is 48.8 Å². The second kappa shape index (κ2) is 12.6. The Hall–Kier alpha value is -3.50. The fraction of sp³-hybridized carbons (Fsp3) is 0.379. The van der Waals surface area contributed by atoms with Crippen LogP contribution in [0.1, 0.15) is 53.3 Å². The average Bonchev–Trinajstić information content (AvgIpc) is 3.84. The fourth-order valence-corrected chi connectivity index (χ4v) is 4.71. The monoisotopic (exact) mass is 609 g/mol. The molecule has 2 fully saturated rings. The first kappa shape index (κ1) is 29.0. The van der Waals surface area contributed by atoms with Crippen molar-refractivity contribution in [1.82, 2.24) is 0 Å². The summed E-state index contributed by atoms with van der Waals surface area (Å²) in [6.45, 7) is -2.31. The average molecular weight is 610 g/mol. The Balaban J connectivity index is 1.45. The van der Waals surface area contributed by atoms with Crippen molar-refractivity contribution in [3.05, 3.63) is 80.7 Å². The molecule has 1 N–H and O–H groups in total. The topological polar surface area (TPSA) is 101 Å². The molecule has 0 spiro atoms. The third-order valence-electron chi connectivity index (χ3n) is 6.79. The predicted octanol–water partition coefficient (Wildman–Crippen LogP) is 6.65. The van der Waals surface area contributed by atoms with E-state index in [1.54, 1.807) is 0 Å². The number of pyridine rings is 1. The second-order valence-corrected chi connectivity index (χ2v) is 11.0. The minimum Gasteiger partial charge on any atom is -0.619 e. The summed E-state index contributed by atoms with van der Waals surface area (Å²) in [5, 5.41) is 22.1. The van der Waals surface area contributed by atoms with E-state index in [9.17, 15) is 23.9 Å². The van der Waals surface area contributed by atoms with Crippen LogP contribution in [0.4, 0.5) is 8.78 Å². The summed E-state index contributed by atoms with van der Waals surface area (Å²) in [4.78, 5) is 13.3. The fourth-order valence-electron chi connectivity index (χ4n) is 4.11. The third-order valence-corrected chi connectivity index (χ3v) is 7.44. The molecule has 12 heteroatoms. The number of nitrogens with zero attached hydrogens (tertiary/aromatic N) is 1. The van der Waals surface area contributed by atoms with Crippen LogP contribution < -0.4 is 18.9 Å². The molecule has 1 aromatic heterocycles. The van der Waals surface area contributed by atoms with E-state index in [1.807, 2.05) is 0 Å². The Bertz CT molecular complexity index is 1390. The summed E-state index contributed by atoms with van der Waals surface area (Å²) in [6, 6.07) is 8.38. The highest BCUT2D eigenvalue weighted by molar-refractivity contribution is 6.35. The number of alkyl halides is 2. The zero-order valence-corrected chi connectivity index (χ0v) is 23.2. The van der Waals surface area contributed by atoms with Gasteiger partial charge < -0.3 is 29.3 Å². The van der Waals surface area contributed by atoms with Crippen LogP contribution >= 0.6 is 23.2 Å². The van der Waals surface area contributed by atoms with Gasteiger partial charge in [-0.2, -0.15) is 13.5 Å². The number of esters is 1. The minimum atomic E-state index is -3.07. The highest BCUT2D eigenvalue weighted by Gasteiger charge is 2.27. The van der Waals surface area contributed by atoms with Crippen LogP contribution in [0.3, 0.4) is 0 Å². The van der Waals surface area contributed by atoms with Gasteiger partial charge in [0.2, 0.25) is 0 Å². The highest BCUT2D eigenvalue weighted by Crippen LogP contribution is 2.38. The van der Waals surface area contributed by atoms with Crippen LogP contribution in [-0.2, 0) is 11.2 Å². The van der Waals surface area contributed by atoms with Gasteiger partial charge in [0, 0.05) is 12.0 Å². The van der Waals surface area contributed by atoms with Crippen molar-refractivity contribution in [3.8, 4) is 23.0 Å². The normalized spacial score (nSPS) is 15.4. The van der Waals surface area contributed by atoms with Crippen molar-refractivity contribution in [3.63, 3.8) is 0 Å². The lowest BCUT2D eigenvalue weighted by molar-refractivity contribution is -0.605. The summed E-state index contributed by atoms with van der Waals surface area (Å²) in [7, 11) is 0. The van der Waals surface area contributed by atoms with Gasteiger partial charge >= 0.3 is 12.6 Å². The number of aromatic nitrogens is 1. The minimum absolute atomic E-state index is 0.0511. The number of aromatic hydroxyl groups is 1. The van der Waals surface area contributed by atoms with E-state index < -0.39 is 18.7 Å². The number of halogens is 4. The summed E-state index contributed by atoms with van der Waals surface area (Å²) in [6.07, 6.45) is 5.22. The van der Waals surface area contributed by atoms with E-state index in [0.29, 0.717) is 40.9 Å². The Morgan fingerprint density at radius 3 is 2.20 bits per heavy atom. The number of phenols is 1. The smallest absolute Gasteiger partial charge is 0.387 e. The quantitative estimate of drug-likeness (QED) is 0.131. The highest BCUT2D eigenvalue weighted by atomic mass is 35.5. The number of rotatable bonds is 13. The maximum Gasteiger partial charge on any atom is 0.387 e. The largest absolute Gasteiger partial charge is 0.619 e. The van der Waals surface area contributed by atoms with E-state index in [0.717, 1.165) is 38.1 Å². The first-order chi connectivity index (χ1) is 19.7. The van der Waals surface area contributed by atoms with E-state index in [-0.39, 0.29) is 45.0 Å². The van der Waals surface area contributed by atoms with Crippen molar-refractivity contribution in [1.29, 1.82) is 0 Å². The predicted molar refractivity (Wildman–Crippen MR) is 145 cm³/mol. The van der Waals surface area contributed by atoms with E-state index in [1.165, 1.54) is 36.4 Å². The van der Waals surface area contributed by atoms with Gasteiger partial charge in [0.1, 0.15) is 16.1 Å². The van der Waals surface area contributed by atoms with Crippen molar-refractivity contribution in [2.75, 3.05) is 13.2 Å². The van der Waals surface area contributed by atoms with Gasteiger partial charge in [0.25, 0.3) is 0 Å². The van der Waals surface area contributed by atoms with E-state index >= 15 is 0 Å². The molecule has 2 aliphatic rings. The van der Waals surface area contributed by atoms with Crippen LogP contribution in [0, 0.1) is 17.0 Å². The van der Waals surface area contributed by atoms with E-state index in [4.69, 9.17) is 37.4 Å². The molecule has 3 aromatic rings. The number of carbonyl (C=O) groups excluding carboxylic acids is 1. The molecule has 0 aliphatic heterocycles. The molecule has 5 rings (SSSR count). The number of ether oxygens (including phenoxy) is 4. The number of carbonyl (C=O) groups is 1. The Morgan fingerprint density at radius 2 is 1.59 bits per heavy atom. The lowest BCUT2D eigenvalue weighted by atomic mass is 10.0. The summed E-state index contributed by atoms with van der Waals surface area (Å²) in [5.74, 6) is -0.0378. The molecule has 218 valence electrons. The van der Waals surface area contributed by atoms with E-state index in [2.05, 4.69) is 4.74 Å². The molecule has 8 nitrogen and oxygen atoms in total. The molecule has 41 heavy (non-hydrogen) atoms.